The molecule has 2 aliphatic heterocycles. The van der Waals surface area contributed by atoms with E-state index in [4.69, 9.17) is 9.47 Å². The van der Waals surface area contributed by atoms with Crippen molar-refractivity contribution in [2.24, 2.45) is 17.8 Å². The van der Waals surface area contributed by atoms with Gasteiger partial charge in [0.25, 0.3) is 0 Å². The van der Waals surface area contributed by atoms with E-state index in [1.165, 1.54) is 6.42 Å². The van der Waals surface area contributed by atoms with Gasteiger partial charge in [0.15, 0.2) is 0 Å². The van der Waals surface area contributed by atoms with Gasteiger partial charge in [0.1, 0.15) is 5.60 Å². The smallest absolute Gasteiger partial charge is 0.124 e. The molecule has 0 bridgehead atoms. The molecule has 2 heterocycles. The highest BCUT2D eigenvalue weighted by molar-refractivity contribution is 5.39. The molecule has 6 atom stereocenters. The molecule has 1 aliphatic carbocycles. The molecule has 0 aromatic heterocycles. The lowest BCUT2D eigenvalue weighted by Crippen LogP contribution is -2.45. The summed E-state index contributed by atoms with van der Waals surface area (Å²) in [5, 5.41) is 0. The van der Waals surface area contributed by atoms with E-state index < -0.39 is 0 Å². The van der Waals surface area contributed by atoms with Gasteiger partial charge in [-0.2, -0.15) is 0 Å². The quantitative estimate of drug-likeness (QED) is 0.541. The SMILES string of the molecule is C=C[C@H]1O[C@@H](C)[C@H]2C[C@@H](C(C)C)[C@@H]3O[C@]23C1=C. The van der Waals surface area contributed by atoms with E-state index >= 15 is 0 Å². The van der Waals surface area contributed by atoms with Crippen LogP contribution >= 0.6 is 0 Å². The molecule has 1 spiro atoms. The van der Waals surface area contributed by atoms with E-state index in [2.05, 4.69) is 33.9 Å². The van der Waals surface area contributed by atoms with Gasteiger partial charge in [0.2, 0.25) is 0 Å². The van der Waals surface area contributed by atoms with E-state index in [0.717, 1.165) is 5.57 Å². The van der Waals surface area contributed by atoms with E-state index in [0.29, 0.717) is 23.9 Å². The lowest BCUT2D eigenvalue weighted by molar-refractivity contribution is -0.0594. The minimum absolute atomic E-state index is 0.0304. The average Bonchev–Trinajstić information content (AvgIpc) is 2.92. The molecule has 0 aromatic carbocycles. The van der Waals surface area contributed by atoms with E-state index in [-0.39, 0.29) is 17.8 Å². The third-order valence-corrected chi connectivity index (χ3v) is 5.00. The van der Waals surface area contributed by atoms with Crippen LogP contribution in [-0.2, 0) is 9.47 Å². The van der Waals surface area contributed by atoms with Crippen LogP contribution in [0.25, 0.3) is 0 Å². The highest BCUT2D eigenvalue weighted by atomic mass is 16.6. The van der Waals surface area contributed by atoms with Crippen molar-refractivity contribution in [2.75, 3.05) is 0 Å². The molecule has 3 aliphatic rings. The van der Waals surface area contributed by atoms with Crippen molar-refractivity contribution in [1.82, 2.24) is 0 Å². The Hall–Kier alpha value is -0.600. The fourth-order valence-corrected chi connectivity index (χ4v) is 3.96. The number of hydrogen-bond acceptors (Lipinski definition) is 2. The summed E-state index contributed by atoms with van der Waals surface area (Å²) in [6.45, 7) is 14.8. The third-order valence-electron chi connectivity index (χ3n) is 5.00. The predicted octanol–water partition coefficient (Wildman–Crippen LogP) is 2.95. The zero-order chi connectivity index (χ0) is 12.4. The highest BCUT2D eigenvalue weighted by Crippen LogP contribution is 2.65. The molecule has 17 heavy (non-hydrogen) atoms. The summed E-state index contributed by atoms with van der Waals surface area (Å²) < 4.78 is 12.1. The van der Waals surface area contributed by atoms with Crippen molar-refractivity contribution < 1.29 is 9.47 Å². The molecule has 0 radical (unpaired) electrons. The van der Waals surface area contributed by atoms with Crippen LogP contribution in [0, 0.1) is 17.8 Å². The van der Waals surface area contributed by atoms with E-state index in [9.17, 15) is 0 Å². The second-order valence-corrected chi connectivity index (χ2v) is 6.10. The van der Waals surface area contributed by atoms with Crippen molar-refractivity contribution >= 4 is 0 Å². The van der Waals surface area contributed by atoms with E-state index in [1.807, 2.05) is 6.08 Å². The Morgan fingerprint density at radius 3 is 2.76 bits per heavy atom. The predicted molar refractivity (Wildman–Crippen MR) is 67.7 cm³/mol. The standard InChI is InChI=1S/C15H22O2/c1-6-13-9(4)15-12(10(5)16-13)7-11(8(2)3)14(15)17-15/h6,8,10-14H,1,4,7H2,2-3,5H3/t10-,11-,12+,13+,14-,15+/m0/s1. The summed E-state index contributed by atoms with van der Waals surface area (Å²) in [6.07, 6.45) is 3.67. The maximum Gasteiger partial charge on any atom is 0.124 e. The molecule has 2 saturated heterocycles. The van der Waals surface area contributed by atoms with Gasteiger partial charge in [-0.15, -0.1) is 6.58 Å². The summed E-state index contributed by atoms with van der Waals surface area (Å²) >= 11 is 0. The largest absolute Gasteiger partial charge is 0.366 e. The summed E-state index contributed by atoms with van der Waals surface area (Å²) in [5.74, 6) is 1.82. The van der Waals surface area contributed by atoms with Crippen LogP contribution in [0.1, 0.15) is 27.2 Å². The number of epoxide rings is 1. The summed E-state index contributed by atoms with van der Waals surface area (Å²) in [4.78, 5) is 0. The van der Waals surface area contributed by atoms with Gasteiger partial charge < -0.3 is 9.47 Å². The molecule has 0 unspecified atom stereocenters. The Morgan fingerprint density at radius 1 is 1.47 bits per heavy atom. The third kappa shape index (κ3) is 1.28. The molecule has 1 saturated carbocycles. The minimum atomic E-state index is -0.0779. The molecular formula is C15H22O2. The number of hydrogen-bond donors (Lipinski definition) is 0. The lowest BCUT2D eigenvalue weighted by Gasteiger charge is -2.38. The van der Waals surface area contributed by atoms with Crippen molar-refractivity contribution in [2.45, 2.75) is 51.1 Å². The van der Waals surface area contributed by atoms with Crippen LogP contribution in [0.5, 0.6) is 0 Å². The fourth-order valence-electron chi connectivity index (χ4n) is 3.96. The molecule has 2 heteroatoms. The molecule has 0 N–H and O–H groups in total. The van der Waals surface area contributed by atoms with Crippen molar-refractivity contribution in [3.63, 3.8) is 0 Å². The minimum Gasteiger partial charge on any atom is -0.366 e. The normalized spacial score (nSPS) is 52.2. The van der Waals surface area contributed by atoms with Gasteiger partial charge in [0.05, 0.1) is 18.3 Å². The summed E-state index contributed by atoms with van der Waals surface area (Å²) in [7, 11) is 0. The van der Waals surface area contributed by atoms with Crippen LogP contribution in [0.4, 0.5) is 0 Å². The van der Waals surface area contributed by atoms with Crippen molar-refractivity contribution in [3.8, 4) is 0 Å². The zero-order valence-corrected chi connectivity index (χ0v) is 11.0. The van der Waals surface area contributed by atoms with Crippen LogP contribution in [0.15, 0.2) is 24.8 Å². The maximum atomic E-state index is 6.11. The molecule has 94 valence electrons. The van der Waals surface area contributed by atoms with Crippen molar-refractivity contribution in [1.29, 1.82) is 0 Å². The van der Waals surface area contributed by atoms with Gasteiger partial charge in [-0.1, -0.05) is 26.5 Å². The molecule has 0 aromatic rings. The number of rotatable bonds is 2. The summed E-state index contributed by atoms with van der Waals surface area (Å²) in [6, 6.07) is 0. The first-order valence-electron chi connectivity index (χ1n) is 6.67. The Labute approximate surface area is 104 Å². The van der Waals surface area contributed by atoms with Gasteiger partial charge in [-0.05, 0) is 30.8 Å². The first-order valence-corrected chi connectivity index (χ1v) is 6.67. The maximum absolute atomic E-state index is 6.11. The lowest BCUT2D eigenvalue weighted by atomic mass is 9.79. The van der Waals surface area contributed by atoms with Crippen LogP contribution in [0.2, 0.25) is 0 Å². The first kappa shape index (κ1) is 11.5. The van der Waals surface area contributed by atoms with Crippen LogP contribution < -0.4 is 0 Å². The Bertz CT molecular complexity index is 373. The topological polar surface area (TPSA) is 21.8 Å². The molecule has 2 nitrogen and oxygen atoms in total. The molecular weight excluding hydrogens is 212 g/mol. The molecule has 3 fully saturated rings. The second-order valence-electron chi connectivity index (χ2n) is 6.10. The Morgan fingerprint density at radius 2 is 2.18 bits per heavy atom. The first-order chi connectivity index (χ1) is 8.02. The van der Waals surface area contributed by atoms with Crippen LogP contribution in [-0.4, -0.2) is 23.9 Å². The summed E-state index contributed by atoms with van der Waals surface area (Å²) in [5.41, 5.74) is 1.02. The van der Waals surface area contributed by atoms with E-state index in [1.54, 1.807) is 0 Å². The molecule has 0 amide bonds. The second kappa shape index (κ2) is 3.46. The Balaban J connectivity index is 1.93. The van der Waals surface area contributed by atoms with Gasteiger partial charge >= 0.3 is 0 Å². The average molecular weight is 234 g/mol. The zero-order valence-electron chi connectivity index (χ0n) is 11.0. The molecule has 3 rings (SSSR count). The van der Waals surface area contributed by atoms with Gasteiger partial charge in [-0.3, -0.25) is 0 Å². The van der Waals surface area contributed by atoms with Gasteiger partial charge in [0, 0.05) is 5.92 Å². The van der Waals surface area contributed by atoms with Crippen molar-refractivity contribution in [3.05, 3.63) is 24.8 Å². The van der Waals surface area contributed by atoms with Gasteiger partial charge in [-0.25, -0.2) is 0 Å². The fraction of sp³-hybridized carbons (Fsp3) is 0.733. The highest BCUT2D eigenvalue weighted by Gasteiger charge is 2.74. The number of ether oxygens (including phenoxy) is 2. The van der Waals surface area contributed by atoms with Crippen LogP contribution in [0.3, 0.4) is 0 Å². The monoisotopic (exact) mass is 234 g/mol. The Kier molecular flexibility index (Phi) is 2.34.